The van der Waals surface area contributed by atoms with Crippen molar-refractivity contribution in [3.8, 4) is 5.75 Å². The van der Waals surface area contributed by atoms with Gasteiger partial charge in [-0.25, -0.2) is 8.42 Å². The summed E-state index contributed by atoms with van der Waals surface area (Å²) in [6.07, 6.45) is 0.347. The van der Waals surface area contributed by atoms with Gasteiger partial charge in [-0.05, 0) is 25.5 Å². The Balaban J connectivity index is 2.23. The minimum absolute atomic E-state index is 0.0243. The predicted octanol–water partition coefficient (Wildman–Crippen LogP) is 1.18. The number of rotatable bonds is 5. The van der Waals surface area contributed by atoms with Crippen molar-refractivity contribution in [1.29, 1.82) is 0 Å². The van der Waals surface area contributed by atoms with Gasteiger partial charge in [0.05, 0.1) is 17.4 Å². The Kier molecular flexibility index (Phi) is 4.29. The summed E-state index contributed by atoms with van der Waals surface area (Å²) in [5.41, 5.74) is 0. The van der Waals surface area contributed by atoms with Crippen molar-refractivity contribution in [2.45, 2.75) is 18.2 Å². The minimum atomic E-state index is -3.66. The van der Waals surface area contributed by atoms with Crippen LogP contribution in [-0.2, 0) is 14.8 Å². The molecule has 1 saturated heterocycles. The zero-order valence-corrected chi connectivity index (χ0v) is 12.0. The molecule has 1 aliphatic rings. The first kappa shape index (κ1) is 14.8. The van der Waals surface area contributed by atoms with Crippen LogP contribution < -0.4 is 4.74 Å². The van der Waals surface area contributed by atoms with Crippen molar-refractivity contribution in [1.82, 2.24) is 4.31 Å². The summed E-state index contributed by atoms with van der Waals surface area (Å²) >= 11 is 0. The quantitative estimate of drug-likeness (QED) is 0.882. The number of carbonyl (C=O) groups is 1. The monoisotopic (exact) mass is 299 g/mol. The molecule has 1 N–H and O–H groups in total. The highest BCUT2D eigenvalue weighted by atomic mass is 32.2. The van der Waals surface area contributed by atoms with Crippen LogP contribution in [0.25, 0.3) is 0 Å². The first-order chi connectivity index (χ1) is 9.45. The van der Waals surface area contributed by atoms with Crippen LogP contribution in [0.2, 0.25) is 0 Å². The van der Waals surface area contributed by atoms with E-state index >= 15 is 0 Å². The van der Waals surface area contributed by atoms with Gasteiger partial charge >= 0.3 is 5.97 Å². The number of benzene rings is 1. The standard InChI is InChI=1S/C13H17NO5S/c1-2-19-11-4-3-5-12(8-11)20(17,18)14-7-6-10(9-14)13(15)16/h3-5,8,10H,2,6-7,9H2,1H3,(H,15,16)/t10-/m1/s1. The van der Waals surface area contributed by atoms with Gasteiger partial charge in [0, 0.05) is 19.2 Å². The molecule has 1 atom stereocenters. The normalized spacial score (nSPS) is 19.9. The zero-order valence-electron chi connectivity index (χ0n) is 11.2. The fourth-order valence-corrected chi connectivity index (χ4v) is 3.72. The summed E-state index contributed by atoms with van der Waals surface area (Å²) in [5.74, 6) is -1.09. The van der Waals surface area contributed by atoms with E-state index in [9.17, 15) is 13.2 Å². The first-order valence-electron chi connectivity index (χ1n) is 6.41. The van der Waals surface area contributed by atoms with Gasteiger partial charge < -0.3 is 9.84 Å². The molecule has 110 valence electrons. The number of nitrogens with zero attached hydrogens (tertiary/aromatic N) is 1. The Morgan fingerprint density at radius 3 is 2.85 bits per heavy atom. The summed E-state index contributed by atoms with van der Waals surface area (Å²) in [7, 11) is -3.66. The molecule has 0 aliphatic carbocycles. The van der Waals surface area contributed by atoms with Crippen LogP contribution in [0.5, 0.6) is 5.75 Å². The maximum atomic E-state index is 12.4. The number of carboxylic acids is 1. The van der Waals surface area contributed by atoms with Gasteiger partial charge in [-0.1, -0.05) is 6.07 Å². The van der Waals surface area contributed by atoms with Crippen molar-refractivity contribution in [3.63, 3.8) is 0 Å². The molecule has 6 nitrogen and oxygen atoms in total. The second-order valence-corrected chi connectivity index (χ2v) is 6.53. The lowest BCUT2D eigenvalue weighted by Gasteiger charge is -2.16. The Morgan fingerprint density at radius 1 is 1.50 bits per heavy atom. The average molecular weight is 299 g/mol. The number of hydrogen-bond donors (Lipinski definition) is 1. The lowest BCUT2D eigenvalue weighted by Crippen LogP contribution is -2.30. The van der Waals surface area contributed by atoms with Gasteiger partial charge in [0.15, 0.2) is 0 Å². The highest BCUT2D eigenvalue weighted by molar-refractivity contribution is 7.89. The molecule has 1 aromatic rings. The van der Waals surface area contributed by atoms with Crippen LogP contribution >= 0.6 is 0 Å². The number of hydrogen-bond acceptors (Lipinski definition) is 4. The fraction of sp³-hybridized carbons (Fsp3) is 0.462. The van der Waals surface area contributed by atoms with Crippen molar-refractivity contribution in [2.75, 3.05) is 19.7 Å². The summed E-state index contributed by atoms with van der Waals surface area (Å²) in [5, 5.41) is 8.94. The van der Waals surface area contributed by atoms with Crippen LogP contribution in [0.15, 0.2) is 29.2 Å². The first-order valence-corrected chi connectivity index (χ1v) is 7.85. The van der Waals surface area contributed by atoms with Gasteiger partial charge in [0.1, 0.15) is 5.75 Å². The van der Waals surface area contributed by atoms with Crippen LogP contribution in [0.4, 0.5) is 0 Å². The van der Waals surface area contributed by atoms with E-state index in [1.54, 1.807) is 12.1 Å². The van der Waals surface area contributed by atoms with E-state index in [1.165, 1.54) is 16.4 Å². The fourth-order valence-electron chi connectivity index (χ4n) is 2.19. The zero-order chi connectivity index (χ0) is 14.8. The van der Waals surface area contributed by atoms with Crippen molar-refractivity contribution in [2.24, 2.45) is 5.92 Å². The lowest BCUT2D eigenvalue weighted by molar-refractivity contribution is -0.141. The minimum Gasteiger partial charge on any atom is -0.494 e. The third-order valence-electron chi connectivity index (χ3n) is 3.25. The maximum absolute atomic E-state index is 12.4. The predicted molar refractivity (Wildman–Crippen MR) is 72.1 cm³/mol. The van der Waals surface area contributed by atoms with Crippen LogP contribution in [-0.4, -0.2) is 43.5 Å². The average Bonchev–Trinajstić information content (AvgIpc) is 2.90. The molecule has 0 unspecified atom stereocenters. The summed E-state index contributed by atoms with van der Waals surface area (Å²) < 4.78 is 31.4. The third kappa shape index (κ3) is 2.94. The number of ether oxygens (including phenoxy) is 1. The van der Waals surface area contributed by atoms with Gasteiger partial charge in [-0.15, -0.1) is 0 Å². The van der Waals surface area contributed by atoms with E-state index in [1.807, 2.05) is 6.92 Å². The van der Waals surface area contributed by atoms with E-state index in [0.29, 0.717) is 18.8 Å². The molecule has 1 aliphatic heterocycles. The molecule has 0 radical (unpaired) electrons. The van der Waals surface area contributed by atoms with Crippen LogP contribution in [0.3, 0.4) is 0 Å². The summed E-state index contributed by atoms with van der Waals surface area (Å²) in [6.45, 7) is 2.53. The van der Waals surface area contributed by atoms with E-state index < -0.39 is 21.9 Å². The third-order valence-corrected chi connectivity index (χ3v) is 5.12. The highest BCUT2D eigenvalue weighted by Crippen LogP contribution is 2.26. The van der Waals surface area contributed by atoms with Crippen LogP contribution in [0.1, 0.15) is 13.3 Å². The topological polar surface area (TPSA) is 83.9 Å². The van der Waals surface area contributed by atoms with Gasteiger partial charge in [-0.2, -0.15) is 4.31 Å². The molecule has 0 amide bonds. The number of carboxylic acid groups (broad SMARTS) is 1. The Bertz CT molecular complexity index is 599. The van der Waals surface area contributed by atoms with Crippen molar-refractivity contribution >= 4 is 16.0 Å². The molecular weight excluding hydrogens is 282 g/mol. The van der Waals surface area contributed by atoms with E-state index in [0.717, 1.165) is 0 Å². The molecule has 0 spiro atoms. The lowest BCUT2D eigenvalue weighted by atomic mass is 10.1. The summed E-state index contributed by atoms with van der Waals surface area (Å²) in [4.78, 5) is 11.0. The molecule has 20 heavy (non-hydrogen) atoms. The molecule has 0 aromatic heterocycles. The smallest absolute Gasteiger partial charge is 0.307 e. The van der Waals surface area contributed by atoms with Gasteiger partial charge in [0.2, 0.25) is 10.0 Å². The Labute approximate surface area is 118 Å². The van der Waals surface area contributed by atoms with E-state index in [-0.39, 0.29) is 18.0 Å². The number of sulfonamides is 1. The molecule has 0 bridgehead atoms. The number of aliphatic carboxylic acids is 1. The molecule has 1 fully saturated rings. The van der Waals surface area contributed by atoms with Crippen molar-refractivity contribution in [3.05, 3.63) is 24.3 Å². The highest BCUT2D eigenvalue weighted by Gasteiger charge is 2.35. The molecule has 7 heteroatoms. The van der Waals surface area contributed by atoms with Gasteiger partial charge in [0.25, 0.3) is 0 Å². The largest absolute Gasteiger partial charge is 0.494 e. The molecule has 1 aromatic carbocycles. The van der Waals surface area contributed by atoms with Gasteiger partial charge in [-0.3, -0.25) is 4.79 Å². The molecular formula is C13H17NO5S. The van der Waals surface area contributed by atoms with E-state index in [4.69, 9.17) is 9.84 Å². The van der Waals surface area contributed by atoms with Crippen LogP contribution in [0, 0.1) is 5.92 Å². The second kappa shape index (κ2) is 5.80. The summed E-state index contributed by atoms with van der Waals surface area (Å²) in [6, 6.07) is 6.26. The SMILES string of the molecule is CCOc1cccc(S(=O)(=O)N2CC[C@@H](C(=O)O)C2)c1. The second-order valence-electron chi connectivity index (χ2n) is 4.59. The maximum Gasteiger partial charge on any atom is 0.307 e. The molecule has 1 heterocycles. The Morgan fingerprint density at radius 2 is 2.25 bits per heavy atom. The molecule has 0 saturated carbocycles. The van der Waals surface area contributed by atoms with E-state index in [2.05, 4.69) is 0 Å². The molecule has 2 rings (SSSR count). The Hall–Kier alpha value is -1.60. The van der Waals surface area contributed by atoms with Crippen molar-refractivity contribution < 1.29 is 23.1 Å².